The zero-order valence-corrected chi connectivity index (χ0v) is 12.2. The van der Waals surface area contributed by atoms with Gasteiger partial charge in [-0.25, -0.2) is 4.39 Å². The van der Waals surface area contributed by atoms with Crippen LogP contribution < -0.4 is 5.32 Å². The molecule has 1 aliphatic heterocycles. The molecule has 0 aromatic heterocycles. The Morgan fingerprint density at radius 1 is 1.56 bits per heavy atom. The third-order valence-corrected chi connectivity index (χ3v) is 3.63. The Morgan fingerprint density at radius 2 is 2.39 bits per heavy atom. The van der Waals surface area contributed by atoms with Crippen LogP contribution >= 0.6 is 15.9 Å². The topological polar surface area (TPSA) is 21.3 Å². The molecule has 2 nitrogen and oxygen atoms in total. The van der Waals surface area contributed by atoms with Crippen LogP contribution in [0.1, 0.15) is 18.9 Å². The Morgan fingerprint density at radius 3 is 3.06 bits per heavy atom. The number of benzene rings is 1. The van der Waals surface area contributed by atoms with E-state index in [1.54, 1.807) is 6.92 Å². The number of hydrogen-bond donors (Lipinski definition) is 1. The Balaban J connectivity index is 1.93. The first-order chi connectivity index (χ1) is 8.55. The Kier molecular flexibility index (Phi) is 4.76. The first-order valence-electron chi connectivity index (χ1n) is 6.30. The predicted molar refractivity (Wildman–Crippen MR) is 74.6 cm³/mol. The number of halogens is 2. The minimum Gasteiger partial charge on any atom is -0.379 e. The van der Waals surface area contributed by atoms with Crippen LogP contribution in [-0.4, -0.2) is 31.5 Å². The zero-order chi connectivity index (χ0) is 13.0. The molecule has 0 bridgehead atoms. The van der Waals surface area contributed by atoms with Gasteiger partial charge >= 0.3 is 0 Å². The number of ether oxygens (including phenoxy) is 1. The van der Waals surface area contributed by atoms with Gasteiger partial charge in [0.1, 0.15) is 5.67 Å². The van der Waals surface area contributed by atoms with Gasteiger partial charge in [-0.05, 0) is 31.0 Å². The molecule has 1 aromatic carbocycles. The number of nitrogens with one attached hydrogen (secondary N) is 1. The largest absolute Gasteiger partial charge is 0.379 e. The van der Waals surface area contributed by atoms with E-state index in [0.717, 1.165) is 23.2 Å². The molecule has 100 valence electrons. The molecule has 2 unspecified atom stereocenters. The predicted octanol–water partition coefficient (Wildman–Crippen LogP) is 3.10. The van der Waals surface area contributed by atoms with E-state index in [1.807, 2.05) is 24.3 Å². The maximum Gasteiger partial charge on any atom is 0.113 e. The van der Waals surface area contributed by atoms with Crippen molar-refractivity contribution in [3.63, 3.8) is 0 Å². The van der Waals surface area contributed by atoms with Crippen molar-refractivity contribution in [3.05, 3.63) is 34.3 Å². The minimum atomic E-state index is -1.21. The normalized spacial score (nSPS) is 23.6. The highest BCUT2D eigenvalue weighted by Crippen LogP contribution is 2.25. The van der Waals surface area contributed by atoms with Gasteiger partial charge in [0.25, 0.3) is 0 Å². The lowest BCUT2D eigenvalue weighted by Crippen LogP contribution is -2.45. The highest BCUT2D eigenvalue weighted by molar-refractivity contribution is 9.10. The molecule has 1 saturated heterocycles. The van der Waals surface area contributed by atoms with Gasteiger partial charge in [-0.2, -0.15) is 0 Å². The second-order valence-electron chi connectivity index (χ2n) is 5.15. The van der Waals surface area contributed by atoms with E-state index < -0.39 is 5.67 Å². The van der Waals surface area contributed by atoms with E-state index in [9.17, 15) is 4.39 Å². The zero-order valence-electron chi connectivity index (χ0n) is 10.6. The van der Waals surface area contributed by atoms with Gasteiger partial charge in [0.2, 0.25) is 0 Å². The highest BCUT2D eigenvalue weighted by atomic mass is 79.9. The van der Waals surface area contributed by atoms with E-state index in [1.165, 1.54) is 0 Å². The van der Waals surface area contributed by atoms with Gasteiger partial charge in [-0.1, -0.05) is 28.1 Å². The summed E-state index contributed by atoms with van der Waals surface area (Å²) in [5, 5.41) is 3.30. The summed E-state index contributed by atoms with van der Waals surface area (Å²) in [5.41, 5.74) is -0.190. The molecule has 4 heteroatoms. The summed E-state index contributed by atoms with van der Waals surface area (Å²) in [6.07, 6.45) is 0.921. The smallest absolute Gasteiger partial charge is 0.113 e. The molecule has 1 fully saturated rings. The quantitative estimate of drug-likeness (QED) is 0.922. The van der Waals surface area contributed by atoms with Crippen molar-refractivity contribution in [3.8, 4) is 0 Å². The van der Waals surface area contributed by atoms with Gasteiger partial charge in [0.05, 0.1) is 13.2 Å². The molecule has 1 N–H and O–H groups in total. The van der Waals surface area contributed by atoms with Crippen molar-refractivity contribution in [1.29, 1.82) is 0 Å². The van der Waals surface area contributed by atoms with Gasteiger partial charge in [-0.3, -0.25) is 0 Å². The first-order valence-corrected chi connectivity index (χ1v) is 7.09. The van der Waals surface area contributed by atoms with Crippen LogP contribution in [0.5, 0.6) is 0 Å². The van der Waals surface area contributed by atoms with E-state index >= 15 is 0 Å². The Hall–Kier alpha value is -0.450. The van der Waals surface area contributed by atoms with Crippen molar-refractivity contribution < 1.29 is 9.13 Å². The first kappa shape index (κ1) is 14.0. The van der Waals surface area contributed by atoms with Crippen LogP contribution in [0.4, 0.5) is 4.39 Å². The van der Waals surface area contributed by atoms with Crippen molar-refractivity contribution in [2.75, 3.05) is 19.8 Å². The summed E-state index contributed by atoms with van der Waals surface area (Å²) in [4.78, 5) is 0. The number of alkyl halides is 1. The molecule has 0 spiro atoms. The molecule has 18 heavy (non-hydrogen) atoms. The van der Waals surface area contributed by atoms with E-state index in [0.29, 0.717) is 19.4 Å². The summed E-state index contributed by atoms with van der Waals surface area (Å²) in [7, 11) is 0. The molecule has 0 amide bonds. The molecule has 2 atom stereocenters. The third-order valence-electron chi connectivity index (χ3n) is 3.13. The molecular weight excluding hydrogens is 297 g/mol. The summed E-state index contributed by atoms with van der Waals surface area (Å²) in [6.45, 7) is 3.82. The fraction of sp³-hybridized carbons (Fsp3) is 0.571. The van der Waals surface area contributed by atoms with Crippen LogP contribution in [-0.2, 0) is 11.2 Å². The SMILES string of the molecule is CC(F)(Cc1cccc(Br)c1)CC1COCCN1. The number of morpholine rings is 1. The molecule has 1 aliphatic rings. The van der Waals surface area contributed by atoms with E-state index in [4.69, 9.17) is 4.74 Å². The van der Waals surface area contributed by atoms with E-state index in [-0.39, 0.29) is 6.04 Å². The second kappa shape index (κ2) is 6.13. The average molecular weight is 316 g/mol. The van der Waals surface area contributed by atoms with Gasteiger partial charge in [0.15, 0.2) is 0 Å². The summed E-state index contributed by atoms with van der Waals surface area (Å²) < 4.78 is 20.9. The average Bonchev–Trinajstić information content (AvgIpc) is 2.28. The second-order valence-corrected chi connectivity index (χ2v) is 6.07. The van der Waals surface area contributed by atoms with Crippen LogP contribution in [0.15, 0.2) is 28.7 Å². The summed E-state index contributed by atoms with van der Waals surface area (Å²) in [5.74, 6) is 0. The highest BCUT2D eigenvalue weighted by Gasteiger charge is 2.29. The molecule has 2 rings (SSSR count). The van der Waals surface area contributed by atoms with Crippen LogP contribution in [0.2, 0.25) is 0 Å². The van der Waals surface area contributed by atoms with E-state index in [2.05, 4.69) is 21.2 Å². The summed E-state index contributed by atoms with van der Waals surface area (Å²) >= 11 is 3.41. The van der Waals surface area contributed by atoms with Crippen molar-refractivity contribution in [1.82, 2.24) is 5.32 Å². The number of rotatable bonds is 4. The van der Waals surface area contributed by atoms with Crippen LogP contribution in [0, 0.1) is 0 Å². The van der Waals surface area contributed by atoms with Crippen molar-refractivity contribution in [2.45, 2.75) is 31.5 Å². The fourth-order valence-corrected chi connectivity index (χ4v) is 2.86. The van der Waals surface area contributed by atoms with Crippen molar-refractivity contribution in [2.24, 2.45) is 0 Å². The van der Waals surface area contributed by atoms with Gasteiger partial charge in [-0.15, -0.1) is 0 Å². The van der Waals surface area contributed by atoms with Gasteiger partial charge in [0, 0.05) is 23.5 Å². The van der Waals surface area contributed by atoms with Crippen molar-refractivity contribution >= 4 is 15.9 Å². The molecule has 0 radical (unpaired) electrons. The lowest BCUT2D eigenvalue weighted by molar-refractivity contribution is 0.0483. The van der Waals surface area contributed by atoms with Gasteiger partial charge < -0.3 is 10.1 Å². The van der Waals surface area contributed by atoms with Crippen LogP contribution in [0.3, 0.4) is 0 Å². The standard InChI is InChI=1S/C14H19BrFNO/c1-14(16,9-13-10-18-6-5-17-13)8-11-3-2-4-12(15)7-11/h2-4,7,13,17H,5-6,8-10H2,1H3. The summed E-state index contributed by atoms with van der Waals surface area (Å²) in [6, 6.07) is 7.96. The third kappa shape index (κ3) is 4.34. The Bertz CT molecular complexity index is 391. The van der Waals surface area contributed by atoms with Crippen LogP contribution in [0.25, 0.3) is 0 Å². The Labute approximate surface area is 116 Å². The molecule has 1 aromatic rings. The molecule has 1 heterocycles. The monoisotopic (exact) mass is 315 g/mol. The maximum absolute atomic E-state index is 14.6. The minimum absolute atomic E-state index is 0.126. The number of hydrogen-bond acceptors (Lipinski definition) is 2. The molecule has 0 aliphatic carbocycles. The molecular formula is C14H19BrFNO. The lowest BCUT2D eigenvalue weighted by atomic mass is 9.91. The fourth-order valence-electron chi connectivity index (χ4n) is 2.41. The molecule has 0 saturated carbocycles. The lowest BCUT2D eigenvalue weighted by Gasteiger charge is -2.30. The maximum atomic E-state index is 14.6.